The maximum absolute atomic E-state index is 10.6. The Morgan fingerprint density at radius 3 is 2.42 bits per heavy atom. The third-order valence-corrected chi connectivity index (χ3v) is 5.30. The SMILES string of the molecule is Cc1nc2ncc(-c3ccc(-c4cnc(N5C[C@@H](C)N[C@@H](C)C5)nn4)c(O)c3)cn2n1.Cl.Cl. The van der Waals surface area contributed by atoms with Crippen LogP contribution in [0.15, 0.2) is 36.8 Å². The van der Waals surface area contributed by atoms with Crippen LogP contribution in [0.5, 0.6) is 5.75 Å². The van der Waals surface area contributed by atoms with E-state index in [-0.39, 0.29) is 30.6 Å². The number of nitrogens with zero attached hydrogens (tertiary/aromatic N) is 8. The van der Waals surface area contributed by atoms with Crippen molar-refractivity contribution in [1.29, 1.82) is 0 Å². The van der Waals surface area contributed by atoms with Gasteiger partial charge in [-0.1, -0.05) is 6.07 Å². The summed E-state index contributed by atoms with van der Waals surface area (Å²) in [6, 6.07) is 6.10. The Bertz CT molecular complexity index is 1240. The average molecular weight is 490 g/mol. The van der Waals surface area contributed by atoms with Crippen LogP contribution in [0.25, 0.3) is 28.2 Å². The molecule has 1 aliphatic heterocycles. The summed E-state index contributed by atoms with van der Waals surface area (Å²) in [6.07, 6.45) is 5.20. The van der Waals surface area contributed by atoms with E-state index in [1.165, 1.54) is 0 Å². The highest BCUT2D eigenvalue weighted by Gasteiger charge is 2.23. The third kappa shape index (κ3) is 4.97. The van der Waals surface area contributed by atoms with Crippen LogP contribution in [0.1, 0.15) is 19.7 Å². The van der Waals surface area contributed by atoms with Crippen LogP contribution in [-0.4, -0.2) is 65.0 Å². The van der Waals surface area contributed by atoms with Crippen LogP contribution in [0.4, 0.5) is 5.95 Å². The van der Waals surface area contributed by atoms with Gasteiger partial charge < -0.3 is 15.3 Å². The first-order valence-electron chi connectivity index (χ1n) is 10.2. The number of piperazine rings is 1. The number of hydrogen-bond acceptors (Lipinski definition) is 9. The Hall–Kier alpha value is -3.08. The van der Waals surface area contributed by atoms with Gasteiger partial charge in [-0.05, 0) is 38.5 Å². The van der Waals surface area contributed by atoms with Gasteiger partial charge >= 0.3 is 0 Å². The highest BCUT2D eigenvalue weighted by molar-refractivity contribution is 5.85. The van der Waals surface area contributed by atoms with E-state index < -0.39 is 0 Å². The maximum atomic E-state index is 10.6. The highest BCUT2D eigenvalue weighted by atomic mass is 35.5. The van der Waals surface area contributed by atoms with Crippen molar-refractivity contribution in [2.45, 2.75) is 32.9 Å². The number of aryl methyl sites for hydroxylation is 1. The number of hydrogen-bond donors (Lipinski definition) is 2. The Morgan fingerprint density at radius 2 is 1.76 bits per heavy atom. The van der Waals surface area contributed by atoms with Crippen LogP contribution in [0, 0.1) is 6.92 Å². The fraction of sp³-hybridized carbons (Fsp3) is 0.333. The van der Waals surface area contributed by atoms with E-state index in [0.29, 0.717) is 40.9 Å². The molecule has 0 bridgehead atoms. The van der Waals surface area contributed by atoms with E-state index in [0.717, 1.165) is 24.2 Å². The molecule has 0 spiro atoms. The minimum Gasteiger partial charge on any atom is -0.507 e. The molecule has 4 heterocycles. The number of fused-ring (bicyclic) bond motifs is 1. The van der Waals surface area contributed by atoms with Gasteiger partial charge in [0.2, 0.25) is 5.95 Å². The van der Waals surface area contributed by atoms with Gasteiger partial charge in [-0.2, -0.15) is 10.1 Å². The van der Waals surface area contributed by atoms with Crippen LogP contribution in [0.2, 0.25) is 0 Å². The fourth-order valence-electron chi connectivity index (χ4n) is 3.99. The zero-order chi connectivity index (χ0) is 21.5. The van der Waals surface area contributed by atoms with Gasteiger partial charge in [0.15, 0.2) is 0 Å². The van der Waals surface area contributed by atoms with E-state index in [2.05, 4.69) is 54.3 Å². The van der Waals surface area contributed by atoms with E-state index in [4.69, 9.17) is 0 Å². The lowest BCUT2D eigenvalue weighted by atomic mass is 10.0. The number of phenols is 1. The first kappa shape index (κ1) is 24.6. The van der Waals surface area contributed by atoms with Gasteiger partial charge in [0.05, 0.1) is 6.20 Å². The Kier molecular flexibility index (Phi) is 7.31. The smallest absolute Gasteiger partial charge is 0.252 e. The second-order valence-corrected chi connectivity index (χ2v) is 8.00. The largest absolute Gasteiger partial charge is 0.507 e. The first-order chi connectivity index (χ1) is 15.0. The van der Waals surface area contributed by atoms with Crippen molar-refractivity contribution in [3.05, 3.63) is 42.6 Å². The van der Waals surface area contributed by atoms with Gasteiger partial charge in [0, 0.05) is 48.7 Å². The van der Waals surface area contributed by atoms with Crippen molar-refractivity contribution < 1.29 is 5.11 Å². The van der Waals surface area contributed by atoms with Crippen molar-refractivity contribution in [2.24, 2.45) is 0 Å². The molecule has 4 aromatic rings. The van der Waals surface area contributed by atoms with Gasteiger partial charge in [-0.3, -0.25) is 0 Å². The molecule has 0 unspecified atom stereocenters. The summed E-state index contributed by atoms with van der Waals surface area (Å²) in [5, 5.41) is 27.0. The Balaban J connectivity index is 0.00000153. The minimum atomic E-state index is 0. The summed E-state index contributed by atoms with van der Waals surface area (Å²) < 4.78 is 1.63. The quantitative estimate of drug-likeness (QED) is 0.447. The maximum Gasteiger partial charge on any atom is 0.252 e. The van der Waals surface area contributed by atoms with E-state index in [1.54, 1.807) is 23.0 Å². The minimum absolute atomic E-state index is 0. The standard InChI is InChI=1S/C21H23N9O.2ClH/c1-12-9-29(10-13(2)24-12)21-23-8-18(26-27-21)17-5-4-15(6-19(17)31)16-7-22-20-25-14(3)28-30(20)11-16;;/h4-8,11-13,24,31H,9-10H2,1-3H3;2*1H/t12-,13+;;. The van der Waals surface area contributed by atoms with Gasteiger partial charge in [0.25, 0.3) is 5.78 Å². The molecular formula is C21H25Cl2N9O. The molecule has 0 amide bonds. The molecule has 10 nitrogen and oxygen atoms in total. The van der Waals surface area contributed by atoms with E-state index in [9.17, 15) is 5.11 Å². The zero-order valence-electron chi connectivity index (χ0n) is 18.4. The second kappa shape index (κ2) is 9.82. The lowest BCUT2D eigenvalue weighted by molar-refractivity contribution is 0.402. The van der Waals surface area contributed by atoms with Crippen molar-refractivity contribution >= 4 is 36.5 Å². The van der Waals surface area contributed by atoms with E-state index in [1.807, 2.05) is 25.3 Å². The van der Waals surface area contributed by atoms with Crippen molar-refractivity contribution in [2.75, 3.05) is 18.0 Å². The molecule has 1 aromatic carbocycles. The molecule has 0 radical (unpaired) electrons. The average Bonchev–Trinajstić information content (AvgIpc) is 3.12. The second-order valence-electron chi connectivity index (χ2n) is 8.00. The summed E-state index contributed by atoms with van der Waals surface area (Å²) in [7, 11) is 0. The number of rotatable bonds is 3. The Labute approximate surface area is 203 Å². The summed E-state index contributed by atoms with van der Waals surface area (Å²) >= 11 is 0. The molecule has 0 saturated carbocycles. The lowest BCUT2D eigenvalue weighted by Crippen LogP contribution is -2.54. The van der Waals surface area contributed by atoms with Gasteiger partial charge in [-0.25, -0.2) is 14.5 Å². The molecule has 174 valence electrons. The molecule has 2 N–H and O–H groups in total. The molecule has 33 heavy (non-hydrogen) atoms. The van der Waals surface area contributed by atoms with Gasteiger partial charge in [0.1, 0.15) is 17.3 Å². The normalized spacial score (nSPS) is 18.0. The zero-order valence-corrected chi connectivity index (χ0v) is 20.0. The van der Waals surface area contributed by atoms with Crippen LogP contribution in [0.3, 0.4) is 0 Å². The van der Waals surface area contributed by atoms with Crippen molar-refractivity contribution in [3.63, 3.8) is 0 Å². The monoisotopic (exact) mass is 489 g/mol. The molecule has 2 atom stereocenters. The first-order valence-corrected chi connectivity index (χ1v) is 10.2. The van der Waals surface area contributed by atoms with Crippen molar-refractivity contribution in [3.8, 4) is 28.1 Å². The summed E-state index contributed by atoms with van der Waals surface area (Å²) in [4.78, 5) is 15.2. The van der Waals surface area contributed by atoms with Gasteiger partial charge in [-0.15, -0.1) is 35.0 Å². The Morgan fingerprint density at radius 1 is 1.00 bits per heavy atom. The molecule has 1 fully saturated rings. The molecule has 5 rings (SSSR count). The fourth-order valence-corrected chi connectivity index (χ4v) is 3.99. The molecule has 0 aliphatic carbocycles. The number of phenolic OH excluding ortho intramolecular Hbond substituents is 1. The lowest BCUT2D eigenvalue weighted by Gasteiger charge is -2.35. The number of anilines is 1. The molecule has 3 aromatic heterocycles. The molecular weight excluding hydrogens is 465 g/mol. The number of benzene rings is 1. The molecule has 12 heteroatoms. The summed E-state index contributed by atoms with van der Waals surface area (Å²) in [6.45, 7) is 7.76. The van der Waals surface area contributed by atoms with Crippen LogP contribution >= 0.6 is 24.8 Å². The summed E-state index contributed by atoms with van der Waals surface area (Å²) in [5.74, 6) is 1.89. The predicted molar refractivity (Wildman–Crippen MR) is 130 cm³/mol. The van der Waals surface area contributed by atoms with Crippen molar-refractivity contribution in [1.82, 2.24) is 40.1 Å². The van der Waals surface area contributed by atoms with Crippen LogP contribution < -0.4 is 10.2 Å². The molecule has 1 saturated heterocycles. The predicted octanol–water partition coefficient (Wildman–Crippen LogP) is 2.69. The number of aromatic nitrogens is 7. The topological polar surface area (TPSA) is 117 Å². The third-order valence-electron chi connectivity index (χ3n) is 5.30. The van der Waals surface area contributed by atoms with Crippen LogP contribution in [-0.2, 0) is 0 Å². The number of halogens is 2. The number of nitrogens with one attached hydrogen (secondary N) is 1. The number of aromatic hydroxyl groups is 1. The highest BCUT2D eigenvalue weighted by Crippen LogP contribution is 2.32. The summed E-state index contributed by atoms with van der Waals surface area (Å²) in [5.41, 5.74) is 2.72. The van der Waals surface area contributed by atoms with E-state index >= 15 is 0 Å². The molecule has 1 aliphatic rings.